The fraction of sp³-hybridized carbons (Fsp3) is 0.429. The minimum absolute atomic E-state index is 0.154. The van der Waals surface area contributed by atoms with Crippen molar-refractivity contribution in [3.05, 3.63) is 29.3 Å². The van der Waals surface area contributed by atoms with Crippen LogP contribution >= 0.6 is 0 Å². The van der Waals surface area contributed by atoms with Gasteiger partial charge in [-0.2, -0.15) is 0 Å². The summed E-state index contributed by atoms with van der Waals surface area (Å²) in [6.07, 6.45) is 1.01. The van der Waals surface area contributed by atoms with Crippen LogP contribution in [0.15, 0.2) is 18.2 Å². The molecule has 5 heteroatoms. The van der Waals surface area contributed by atoms with Gasteiger partial charge in [-0.25, -0.2) is 0 Å². The summed E-state index contributed by atoms with van der Waals surface area (Å²) in [7, 11) is 0. The smallest absolute Gasteiger partial charge is 0.237 e. The maximum atomic E-state index is 12.3. The Morgan fingerprint density at radius 2 is 2.11 bits per heavy atom. The van der Waals surface area contributed by atoms with Crippen molar-refractivity contribution in [2.24, 2.45) is 17.4 Å². The Bertz CT molecular complexity index is 513. The van der Waals surface area contributed by atoms with E-state index >= 15 is 0 Å². The molecule has 0 aliphatic carbocycles. The van der Waals surface area contributed by atoms with Gasteiger partial charge in [0.15, 0.2) is 0 Å². The first-order chi connectivity index (χ1) is 9.08. The van der Waals surface area contributed by atoms with Gasteiger partial charge >= 0.3 is 0 Å². The predicted octanol–water partition coefficient (Wildman–Crippen LogP) is 0.546. The number of carbonyl (C=O) groups excluding carboxylic acids is 2. The molecule has 102 valence electrons. The molecule has 1 aromatic rings. The molecule has 2 rings (SSSR count). The Morgan fingerprint density at radius 3 is 2.74 bits per heavy atom. The third-order valence-electron chi connectivity index (χ3n) is 3.47. The summed E-state index contributed by atoms with van der Waals surface area (Å²) < 4.78 is 0. The molecule has 1 unspecified atom stereocenters. The number of nitrogens with zero attached hydrogens (tertiary/aromatic N) is 1. The number of anilines is 1. The van der Waals surface area contributed by atoms with Crippen LogP contribution in [-0.2, 0) is 22.6 Å². The summed E-state index contributed by atoms with van der Waals surface area (Å²) >= 11 is 0. The third-order valence-corrected chi connectivity index (χ3v) is 3.47. The topological polar surface area (TPSA) is 89.4 Å². The highest BCUT2D eigenvalue weighted by Gasteiger charge is 2.31. The third kappa shape index (κ3) is 2.52. The molecular formula is C14H19N3O2. The first-order valence-electron chi connectivity index (χ1n) is 6.47. The van der Waals surface area contributed by atoms with Gasteiger partial charge in [0.05, 0.1) is 5.69 Å². The minimum Gasteiger partial charge on any atom is -0.330 e. The van der Waals surface area contributed by atoms with Crippen LogP contribution in [0.1, 0.15) is 24.5 Å². The van der Waals surface area contributed by atoms with E-state index in [0.717, 1.165) is 11.1 Å². The van der Waals surface area contributed by atoms with Gasteiger partial charge in [0.2, 0.25) is 11.8 Å². The number of rotatable bonds is 3. The van der Waals surface area contributed by atoms with E-state index in [1.807, 2.05) is 12.1 Å². The van der Waals surface area contributed by atoms with Crippen molar-refractivity contribution in [3.8, 4) is 0 Å². The molecule has 0 fully saturated rings. The highest BCUT2D eigenvalue weighted by atomic mass is 16.2. The molecule has 1 heterocycles. The first-order valence-corrected chi connectivity index (χ1v) is 6.47. The molecule has 0 aromatic heterocycles. The highest BCUT2D eigenvalue weighted by Crippen LogP contribution is 2.29. The van der Waals surface area contributed by atoms with Crippen LogP contribution in [0.4, 0.5) is 5.69 Å². The summed E-state index contributed by atoms with van der Waals surface area (Å²) in [5.41, 5.74) is 13.8. The van der Waals surface area contributed by atoms with E-state index in [0.29, 0.717) is 25.1 Å². The van der Waals surface area contributed by atoms with Gasteiger partial charge < -0.3 is 11.5 Å². The molecule has 1 atom stereocenters. The van der Waals surface area contributed by atoms with E-state index in [9.17, 15) is 9.59 Å². The zero-order chi connectivity index (χ0) is 14.0. The lowest BCUT2D eigenvalue weighted by Crippen LogP contribution is -2.44. The van der Waals surface area contributed by atoms with Gasteiger partial charge in [-0.05, 0) is 23.6 Å². The molecule has 0 radical (unpaired) electrons. The summed E-state index contributed by atoms with van der Waals surface area (Å²) in [6, 6.07) is 5.62. The van der Waals surface area contributed by atoms with E-state index in [4.69, 9.17) is 11.5 Å². The monoisotopic (exact) mass is 261 g/mol. The Morgan fingerprint density at radius 1 is 1.37 bits per heavy atom. The number of benzene rings is 1. The number of nitrogens with two attached hydrogens (primary N) is 2. The van der Waals surface area contributed by atoms with Gasteiger partial charge in [0, 0.05) is 25.4 Å². The second-order valence-corrected chi connectivity index (χ2v) is 4.87. The zero-order valence-corrected chi connectivity index (χ0v) is 11.1. The molecule has 0 saturated carbocycles. The lowest BCUT2D eigenvalue weighted by molar-refractivity contribution is -0.128. The minimum atomic E-state index is -0.357. The van der Waals surface area contributed by atoms with Crippen molar-refractivity contribution in [1.82, 2.24) is 0 Å². The van der Waals surface area contributed by atoms with Gasteiger partial charge in [-0.3, -0.25) is 14.5 Å². The lowest BCUT2D eigenvalue weighted by Gasteiger charge is -2.29. The van der Waals surface area contributed by atoms with E-state index in [-0.39, 0.29) is 24.3 Å². The Labute approximate surface area is 112 Å². The highest BCUT2D eigenvalue weighted by molar-refractivity contribution is 6.17. The van der Waals surface area contributed by atoms with Crippen LogP contribution in [0.5, 0.6) is 0 Å². The summed E-state index contributed by atoms with van der Waals surface area (Å²) in [6.45, 7) is 2.42. The molecule has 0 bridgehead atoms. The maximum absolute atomic E-state index is 12.3. The number of amides is 2. The normalized spacial score (nSPS) is 16.2. The average molecular weight is 261 g/mol. The summed E-state index contributed by atoms with van der Waals surface area (Å²) in [5, 5.41) is 0. The van der Waals surface area contributed by atoms with Gasteiger partial charge in [0.25, 0.3) is 0 Å². The average Bonchev–Trinajstić information content (AvgIpc) is 2.45. The van der Waals surface area contributed by atoms with E-state index < -0.39 is 0 Å². The molecule has 1 aliphatic heterocycles. The standard InChI is InChI=1S/C14H19N3O2/c1-9(7-15)14(19)17-12-4-2-10(8-16)6-11(12)3-5-13(17)18/h2,4,6,9H,3,5,7-8,15-16H2,1H3. The van der Waals surface area contributed by atoms with E-state index in [1.165, 1.54) is 4.90 Å². The SMILES string of the molecule is CC(CN)C(=O)N1C(=O)CCc2cc(CN)ccc21. The number of imide groups is 1. The van der Waals surface area contributed by atoms with Gasteiger partial charge in [-0.15, -0.1) is 0 Å². The van der Waals surface area contributed by atoms with Crippen LogP contribution < -0.4 is 16.4 Å². The molecule has 19 heavy (non-hydrogen) atoms. The molecule has 1 aliphatic rings. The Hall–Kier alpha value is -1.72. The molecule has 0 saturated heterocycles. The second-order valence-electron chi connectivity index (χ2n) is 4.87. The van der Waals surface area contributed by atoms with Crippen molar-refractivity contribution in [1.29, 1.82) is 0 Å². The van der Waals surface area contributed by atoms with Crippen molar-refractivity contribution in [3.63, 3.8) is 0 Å². The summed E-state index contributed by atoms with van der Waals surface area (Å²) in [4.78, 5) is 25.5. The number of fused-ring (bicyclic) bond motifs is 1. The predicted molar refractivity (Wildman–Crippen MR) is 73.4 cm³/mol. The van der Waals surface area contributed by atoms with Crippen LogP contribution in [0.2, 0.25) is 0 Å². The Kier molecular flexibility index (Phi) is 3.97. The number of aryl methyl sites for hydroxylation is 1. The molecule has 2 amide bonds. The van der Waals surface area contributed by atoms with Crippen LogP contribution in [0, 0.1) is 5.92 Å². The number of hydrogen-bond acceptors (Lipinski definition) is 4. The second kappa shape index (κ2) is 5.50. The largest absolute Gasteiger partial charge is 0.330 e. The molecule has 4 N–H and O–H groups in total. The fourth-order valence-electron chi connectivity index (χ4n) is 2.23. The fourth-order valence-corrected chi connectivity index (χ4v) is 2.23. The number of hydrogen-bond donors (Lipinski definition) is 2. The summed E-state index contributed by atoms with van der Waals surface area (Å²) in [5.74, 6) is -0.740. The molecule has 0 spiro atoms. The Balaban J connectivity index is 2.41. The number of carbonyl (C=O) groups is 2. The molecule has 1 aromatic carbocycles. The first kappa shape index (κ1) is 13.7. The van der Waals surface area contributed by atoms with E-state index in [2.05, 4.69) is 0 Å². The quantitative estimate of drug-likeness (QED) is 0.831. The molecular weight excluding hydrogens is 242 g/mol. The van der Waals surface area contributed by atoms with Crippen molar-refractivity contribution < 1.29 is 9.59 Å². The van der Waals surface area contributed by atoms with Crippen molar-refractivity contribution in [2.75, 3.05) is 11.4 Å². The van der Waals surface area contributed by atoms with Crippen LogP contribution in [-0.4, -0.2) is 18.4 Å². The van der Waals surface area contributed by atoms with Crippen LogP contribution in [0.25, 0.3) is 0 Å². The zero-order valence-electron chi connectivity index (χ0n) is 11.1. The maximum Gasteiger partial charge on any atom is 0.237 e. The van der Waals surface area contributed by atoms with Gasteiger partial charge in [-0.1, -0.05) is 19.1 Å². The van der Waals surface area contributed by atoms with Crippen molar-refractivity contribution in [2.45, 2.75) is 26.3 Å². The van der Waals surface area contributed by atoms with E-state index in [1.54, 1.807) is 13.0 Å². The van der Waals surface area contributed by atoms with Crippen molar-refractivity contribution >= 4 is 17.5 Å². The van der Waals surface area contributed by atoms with Crippen LogP contribution in [0.3, 0.4) is 0 Å². The lowest BCUT2D eigenvalue weighted by atomic mass is 9.97. The molecule has 5 nitrogen and oxygen atoms in total. The van der Waals surface area contributed by atoms with Gasteiger partial charge in [0.1, 0.15) is 0 Å².